The molecular weight excluding hydrogens is 264 g/mol. The second-order valence-electron chi connectivity index (χ2n) is 4.03. The number of Topliss-reactive ketones (excluding diaryl/α,β-unsaturated/α-hetero) is 1. The van der Waals surface area contributed by atoms with E-state index in [1.807, 2.05) is 25.3 Å². The molecule has 0 atom stereocenters. The average Bonchev–Trinajstić information content (AvgIpc) is 2.80. The lowest BCUT2D eigenvalue weighted by molar-refractivity contribution is 0.0985. The molecule has 2 nitrogen and oxygen atoms in total. The number of carbonyl (C=O) groups excluding carboxylic acids is 1. The zero-order valence-corrected chi connectivity index (χ0v) is 12.4. The van der Waals surface area contributed by atoms with Gasteiger partial charge in [0.2, 0.25) is 0 Å². The van der Waals surface area contributed by atoms with Gasteiger partial charge in [-0.1, -0.05) is 6.92 Å². The van der Waals surface area contributed by atoms with Crippen LogP contribution in [0.4, 0.5) is 0 Å². The molecule has 2 rings (SSSR count). The van der Waals surface area contributed by atoms with Gasteiger partial charge in [0.25, 0.3) is 0 Å². The van der Waals surface area contributed by atoms with E-state index >= 15 is 0 Å². The van der Waals surface area contributed by atoms with E-state index < -0.39 is 0 Å². The molecule has 0 aliphatic carbocycles. The van der Waals surface area contributed by atoms with Crippen LogP contribution in [0.25, 0.3) is 10.1 Å². The van der Waals surface area contributed by atoms with Gasteiger partial charge in [-0.2, -0.15) is 0 Å². The summed E-state index contributed by atoms with van der Waals surface area (Å²) in [5.41, 5.74) is 0. The molecule has 0 unspecified atom stereocenters. The van der Waals surface area contributed by atoms with Crippen LogP contribution in [0, 0.1) is 0 Å². The molecule has 0 amide bonds. The van der Waals surface area contributed by atoms with Crippen molar-refractivity contribution in [1.82, 2.24) is 0 Å². The van der Waals surface area contributed by atoms with Gasteiger partial charge in [-0.25, -0.2) is 0 Å². The first-order chi connectivity index (χ1) is 8.69. The Bertz CT molecular complexity index is 531. The van der Waals surface area contributed by atoms with Crippen LogP contribution in [0.15, 0.2) is 23.1 Å². The molecule has 0 saturated heterocycles. The largest absolute Gasteiger partial charge is 0.496 e. The molecule has 0 bridgehead atoms. The summed E-state index contributed by atoms with van der Waals surface area (Å²) in [6, 6.07) is 6.09. The fourth-order valence-corrected chi connectivity index (χ4v) is 3.56. The summed E-state index contributed by atoms with van der Waals surface area (Å²) in [7, 11) is 1.68. The summed E-state index contributed by atoms with van der Waals surface area (Å²) in [4.78, 5) is 13.9. The Hall–Kier alpha value is -1.00. The molecule has 1 heterocycles. The van der Waals surface area contributed by atoms with E-state index in [4.69, 9.17) is 4.74 Å². The summed E-state index contributed by atoms with van der Waals surface area (Å²) >= 11 is 3.24. The third-order valence-electron chi connectivity index (χ3n) is 2.77. The van der Waals surface area contributed by atoms with E-state index in [0.29, 0.717) is 6.42 Å². The Morgan fingerprint density at radius 2 is 2.17 bits per heavy atom. The smallest absolute Gasteiger partial charge is 0.172 e. The number of hydrogen-bond donors (Lipinski definition) is 0. The maximum atomic E-state index is 11.9. The van der Waals surface area contributed by atoms with Crippen molar-refractivity contribution in [3.05, 3.63) is 23.1 Å². The minimum absolute atomic E-state index is 0.239. The molecular formula is C14H16O2S2. The molecule has 0 aliphatic heterocycles. The highest BCUT2D eigenvalue weighted by molar-refractivity contribution is 7.98. The van der Waals surface area contributed by atoms with Gasteiger partial charge in [0.1, 0.15) is 5.75 Å². The Balaban J connectivity index is 2.47. The highest BCUT2D eigenvalue weighted by Gasteiger charge is 2.12. The molecule has 1 aromatic heterocycles. The van der Waals surface area contributed by atoms with E-state index in [2.05, 4.69) is 6.07 Å². The van der Waals surface area contributed by atoms with E-state index in [-0.39, 0.29) is 5.78 Å². The number of rotatable bonds is 5. The fraction of sp³-hybridized carbons (Fsp3) is 0.357. The van der Waals surface area contributed by atoms with E-state index in [1.54, 1.807) is 30.2 Å². The van der Waals surface area contributed by atoms with Gasteiger partial charge in [0, 0.05) is 11.1 Å². The van der Waals surface area contributed by atoms with Gasteiger partial charge in [0.05, 0.1) is 16.9 Å². The van der Waals surface area contributed by atoms with Gasteiger partial charge in [-0.05, 0) is 36.3 Å². The number of carbonyl (C=O) groups is 1. The minimum atomic E-state index is 0.239. The number of fused-ring (bicyclic) bond motifs is 1. The Morgan fingerprint density at radius 1 is 1.39 bits per heavy atom. The molecule has 1 aromatic carbocycles. The summed E-state index contributed by atoms with van der Waals surface area (Å²) in [5, 5.41) is 1.09. The number of methoxy groups -OCH3 is 1. The molecule has 96 valence electrons. The lowest BCUT2D eigenvalue weighted by atomic mass is 10.2. The van der Waals surface area contributed by atoms with E-state index in [0.717, 1.165) is 32.0 Å². The fourth-order valence-electron chi connectivity index (χ4n) is 1.85. The van der Waals surface area contributed by atoms with E-state index in [1.165, 1.54) is 0 Å². The number of thioether (sulfide) groups is 1. The first kappa shape index (κ1) is 13.4. The van der Waals surface area contributed by atoms with Crippen LogP contribution in [-0.2, 0) is 0 Å². The maximum Gasteiger partial charge on any atom is 0.172 e. The lowest BCUT2D eigenvalue weighted by Crippen LogP contribution is -1.93. The SMILES string of the molecule is CCCC(=O)c1cc2cc(OC)c(SC)cc2s1. The molecule has 4 heteroatoms. The third-order valence-corrected chi connectivity index (χ3v) is 4.67. The standard InChI is InChI=1S/C14H16O2S2/c1-4-5-10(15)13-7-9-6-11(16-2)14(17-3)8-12(9)18-13/h6-8H,4-5H2,1-3H3. The Morgan fingerprint density at radius 3 is 2.78 bits per heavy atom. The summed E-state index contributed by atoms with van der Waals surface area (Å²) in [6.45, 7) is 2.03. The molecule has 0 N–H and O–H groups in total. The third kappa shape index (κ3) is 2.54. The van der Waals surface area contributed by atoms with Gasteiger partial charge in [0.15, 0.2) is 5.78 Å². The Labute approximate surface area is 115 Å². The molecule has 0 radical (unpaired) electrons. The zero-order chi connectivity index (χ0) is 13.1. The number of thiophene rings is 1. The van der Waals surface area contributed by atoms with Crippen LogP contribution >= 0.6 is 23.1 Å². The first-order valence-electron chi connectivity index (χ1n) is 5.88. The summed E-state index contributed by atoms with van der Waals surface area (Å²) < 4.78 is 6.51. The van der Waals surface area contributed by atoms with E-state index in [9.17, 15) is 4.79 Å². The Kier molecular flexibility index (Phi) is 4.30. The van der Waals surface area contributed by atoms with Gasteiger partial charge in [-0.3, -0.25) is 4.79 Å². The summed E-state index contributed by atoms with van der Waals surface area (Å²) in [6.07, 6.45) is 3.55. The topological polar surface area (TPSA) is 26.3 Å². The number of benzene rings is 1. The molecule has 2 aromatic rings. The predicted octanol–water partition coefficient (Wildman–Crippen LogP) is 4.61. The van der Waals surface area contributed by atoms with Crippen molar-refractivity contribution in [3.63, 3.8) is 0 Å². The van der Waals surface area contributed by atoms with Crippen LogP contribution in [0.1, 0.15) is 29.4 Å². The molecule has 0 saturated carbocycles. The van der Waals surface area contributed by atoms with Crippen molar-refractivity contribution < 1.29 is 9.53 Å². The average molecular weight is 280 g/mol. The second kappa shape index (κ2) is 5.76. The predicted molar refractivity (Wildman–Crippen MR) is 79.4 cm³/mol. The molecule has 0 fully saturated rings. The van der Waals surface area contributed by atoms with Crippen LogP contribution in [0.2, 0.25) is 0 Å². The van der Waals surface area contributed by atoms with Gasteiger partial charge in [-0.15, -0.1) is 23.1 Å². The van der Waals surface area contributed by atoms with Crippen molar-refractivity contribution >= 4 is 39.0 Å². The van der Waals surface area contributed by atoms with Gasteiger partial charge >= 0.3 is 0 Å². The highest BCUT2D eigenvalue weighted by Crippen LogP contribution is 2.36. The van der Waals surface area contributed by atoms with Crippen LogP contribution in [0.3, 0.4) is 0 Å². The normalized spacial score (nSPS) is 10.8. The number of ether oxygens (including phenoxy) is 1. The van der Waals surface area contributed by atoms with Crippen molar-refractivity contribution in [2.24, 2.45) is 0 Å². The second-order valence-corrected chi connectivity index (χ2v) is 5.96. The zero-order valence-electron chi connectivity index (χ0n) is 10.8. The van der Waals surface area contributed by atoms with Crippen LogP contribution in [0.5, 0.6) is 5.75 Å². The number of hydrogen-bond acceptors (Lipinski definition) is 4. The first-order valence-corrected chi connectivity index (χ1v) is 7.92. The molecule has 18 heavy (non-hydrogen) atoms. The van der Waals surface area contributed by atoms with Crippen molar-refractivity contribution in [1.29, 1.82) is 0 Å². The summed E-state index contributed by atoms with van der Waals surface area (Å²) in [5.74, 6) is 1.12. The monoisotopic (exact) mass is 280 g/mol. The molecule has 0 spiro atoms. The lowest BCUT2D eigenvalue weighted by Gasteiger charge is -2.05. The van der Waals surface area contributed by atoms with Gasteiger partial charge < -0.3 is 4.74 Å². The minimum Gasteiger partial charge on any atom is -0.496 e. The van der Waals surface area contributed by atoms with Crippen molar-refractivity contribution in [3.8, 4) is 5.75 Å². The van der Waals surface area contributed by atoms with Crippen LogP contribution < -0.4 is 4.74 Å². The van der Waals surface area contributed by atoms with Crippen molar-refractivity contribution in [2.45, 2.75) is 24.7 Å². The van der Waals surface area contributed by atoms with Crippen LogP contribution in [-0.4, -0.2) is 19.1 Å². The quantitative estimate of drug-likeness (QED) is 0.591. The highest BCUT2D eigenvalue weighted by atomic mass is 32.2. The van der Waals surface area contributed by atoms with Crippen molar-refractivity contribution in [2.75, 3.05) is 13.4 Å². The molecule has 0 aliphatic rings. The maximum absolute atomic E-state index is 11.9. The number of ketones is 1.